The molecule has 1 aromatic rings. The van der Waals surface area contributed by atoms with E-state index < -0.39 is 11.8 Å². The van der Waals surface area contributed by atoms with Crippen LogP contribution < -0.4 is 10.6 Å². The van der Waals surface area contributed by atoms with Crippen LogP contribution in [0.1, 0.15) is 12.0 Å². The summed E-state index contributed by atoms with van der Waals surface area (Å²) in [5.41, 5.74) is 1.60. The number of carbonyl (C=O) groups excluding carboxylic acids is 2. The highest BCUT2D eigenvalue weighted by molar-refractivity contribution is 14.1. The highest BCUT2D eigenvalue weighted by atomic mass is 127. The van der Waals surface area contributed by atoms with Gasteiger partial charge in [-0.2, -0.15) is 0 Å². The average molecular weight is 431 g/mol. The van der Waals surface area contributed by atoms with Gasteiger partial charge in [0, 0.05) is 28.9 Å². The molecule has 23 heavy (non-hydrogen) atoms. The lowest BCUT2D eigenvalue weighted by molar-refractivity contribution is -0.136. The summed E-state index contributed by atoms with van der Waals surface area (Å²) < 4.78 is 6.37. The number of carbonyl (C=O) groups is 2. The topological polar surface area (TPSA) is 70.7 Å². The predicted octanol–water partition coefficient (Wildman–Crippen LogP) is 1.38. The van der Waals surface area contributed by atoms with Gasteiger partial charge in [0.2, 0.25) is 0 Å². The fraction of sp³-hybridized carbons (Fsp3) is 0.500. The first kappa shape index (κ1) is 18.2. The molecule has 0 aromatic heterocycles. The van der Waals surface area contributed by atoms with Crippen LogP contribution in [0.2, 0.25) is 0 Å². The van der Waals surface area contributed by atoms with E-state index in [1.807, 2.05) is 19.1 Å². The molecule has 2 rings (SSSR count). The van der Waals surface area contributed by atoms with Crippen molar-refractivity contribution >= 4 is 40.1 Å². The minimum absolute atomic E-state index is 0.495. The van der Waals surface area contributed by atoms with Crippen LogP contribution in [0.4, 0.5) is 5.69 Å². The number of ether oxygens (including phenoxy) is 1. The molecule has 126 valence electrons. The van der Waals surface area contributed by atoms with Crippen LogP contribution in [0.3, 0.4) is 0 Å². The van der Waals surface area contributed by atoms with E-state index >= 15 is 0 Å². The van der Waals surface area contributed by atoms with Crippen molar-refractivity contribution in [1.29, 1.82) is 0 Å². The Labute approximate surface area is 150 Å². The third kappa shape index (κ3) is 6.08. The van der Waals surface area contributed by atoms with Crippen LogP contribution >= 0.6 is 22.6 Å². The number of morpholine rings is 1. The molecular formula is C16H22IN3O3. The normalized spacial score (nSPS) is 15.2. The first-order valence-electron chi connectivity index (χ1n) is 7.71. The Bertz CT molecular complexity index is 560. The smallest absolute Gasteiger partial charge is 0.313 e. The number of anilines is 1. The SMILES string of the molecule is Cc1cc(I)ccc1NC(=O)C(=O)NCCCN1CCOCC1. The maximum absolute atomic E-state index is 11.9. The average Bonchev–Trinajstić information content (AvgIpc) is 2.55. The number of nitrogens with one attached hydrogen (secondary N) is 2. The molecule has 2 N–H and O–H groups in total. The van der Waals surface area contributed by atoms with Crippen molar-refractivity contribution in [3.8, 4) is 0 Å². The molecule has 0 atom stereocenters. The summed E-state index contributed by atoms with van der Waals surface area (Å²) in [7, 11) is 0. The number of aryl methyl sites for hydroxylation is 1. The van der Waals surface area contributed by atoms with E-state index in [2.05, 4.69) is 38.1 Å². The quantitative estimate of drug-likeness (QED) is 0.420. The molecule has 6 nitrogen and oxygen atoms in total. The van der Waals surface area contributed by atoms with Gasteiger partial charge in [-0.25, -0.2) is 0 Å². The second kappa shape index (κ2) is 9.19. The molecule has 0 bridgehead atoms. The van der Waals surface area contributed by atoms with Gasteiger partial charge in [-0.1, -0.05) is 0 Å². The second-order valence-electron chi connectivity index (χ2n) is 5.48. The van der Waals surface area contributed by atoms with Gasteiger partial charge in [-0.05, 0) is 66.2 Å². The third-order valence-corrected chi connectivity index (χ3v) is 4.35. The minimum atomic E-state index is -0.624. The molecule has 1 fully saturated rings. The summed E-state index contributed by atoms with van der Waals surface area (Å²) in [6.45, 7) is 6.70. The number of benzene rings is 1. The zero-order valence-corrected chi connectivity index (χ0v) is 15.4. The number of nitrogens with zero attached hydrogens (tertiary/aromatic N) is 1. The molecule has 1 saturated heterocycles. The van der Waals surface area contributed by atoms with Gasteiger partial charge in [0.05, 0.1) is 13.2 Å². The van der Waals surface area contributed by atoms with Crippen molar-refractivity contribution in [2.75, 3.05) is 44.7 Å². The molecule has 1 heterocycles. The van der Waals surface area contributed by atoms with E-state index in [-0.39, 0.29) is 0 Å². The lowest BCUT2D eigenvalue weighted by atomic mass is 10.2. The number of hydrogen-bond acceptors (Lipinski definition) is 4. The Morgan fingerprint density at radius 3 is 2.70 bits per heavy atom. The molecular weight excluding hydrogens is 409 g/mol. The van der Waals surface area contributed by atoms with E-state index in [1.54, 1.807) is 6.07 Å². The van der Waals surface area contributed by atoms with Gasteiger partial charge < -0.3 is 15.4 Å². The number of halogens is 1. The largest absolute Gasteiger partial charge is 0.379 e. The lowest BCUT2D eigenvalue weighted by Crippen LogP contribution is -2.39. The van der Waals surface area contributed by atoms with Gasteiger partial charge in [0.15, 0.2) is 0 Å². The Morgan fingerprint density at radius 1 is 1.26 bits per heavy atom. The standard InChI is InChI=1S/C16H22IN3O3/c1-12-11-13(17)3-4-14(12)19-16(22)15(21)18-5-2-6-20-7-9-23-10-8-20/h3-4,11H,2,5-10H2,1H3,(H,18,21)(H,19,22). The maximum Gasteiger partial charge on any atom is 0.313 e. The van der Waals surface area contributed by atoms with Crippen molar-refractivity contribution in [1.82, 2.24) is 10.2 Å². The van der Waals surface area contributed by atoms with Gasteiger partial charge in [-0.3, -0.25) is 14.5 Å². The van der Waals surface area contributed by atoms with Crippen LogP contribution in [0.25, 0.3) is 0 Å². The number of hydrogen-bond donors (Lipinski definition) is 2. The predicted molar refractivity (Wildman–Crippen MR) is 97.4 cm³/mol. The van der Waals surface area contributed by atoms with Gasteiger partial charge in [-0.15, -0.1) is 0 Å². The van der Waals surface area contributed by atoms with Crippen molar-refractivity contribution < 1.29 is 14.3 Å². The lowest BCUT2D eigenvalue weighted by Gasteiger charge is -2.26. The van der Waals surface area contributed by atoms with Crippen LogP contribution in [0, 0.1) is 10.5 Å². The fourth-order valence-electron chi connectivity index (χ4n) is 2.36. The molecule has 0 saturated carbocycles. The fourth-order valence-corrected chi connectivity index (χ4v) is 3.00. The Kier molecular flexibility index (Phi) is 7.25. The van der Waals surface area contributed by atoms with Gasteiger partial charge >= 0.3 is 11.8 Å². The maximum atomic E-state index is 11.9. The van der Waals surface area contributed by atoms with E-state index in [9.17, 15) is 9.59 Å². The van der Waals surface area contributed by atoms with Crippen molar-refractivity contribution in [3.63, 3.8) is 0 Å². The van der Waals surface area contributed by atoms with Gasteiger partial charge in [0.25, 0.3) is 0 Å². The molecule has 0 unspecified atom stereocenters. The second-order valence-corrected chi connectivity index (χ2v) is 6.72. The molecule has 0 radical (unpaired) electrons. The third-order valence-electron chi connectivity index (χ3n) is 3.68. The molecule has 0 spiro atoms. The highest BCUT2D eigenvalue weighted by Crippen LogP contribution is 2.17. The zero-order chi connectivity index (χ0) is 16.7. The van der Waals surface area contributed by atoms with Crippen molar-refractivity contribution in [3.05, 3.63) is 27.3 Å². The molecule has 1 aromatic carbocycles. The Morgan fingerprint density at radius 2 is 2.00 bits per heavy atom. The van der Waals surface area contributed by atoms with Gasteiger partial charge in [0.1, 0.15) is 0 Å². The summed E-state index contributed by atoms with van der Waals surface area (Å²) in [6.07, 6.45) is 0.821. The molecule has 7 heteroatoms. The molecule has 1 aliphatic heterocycles. The summed E-state index contributed by atoms with van der Waals surface area (Å²) in [5, 5.41) is 5.31. The van der Waals surface area contributed by atoms with Crippen molar-refractivity contribution in [2.45, 2.75) is 13.3 Å². The molecule has 2 amide bonds. The van der Waals surface area contributed by atoms with Crippen LogP contribution in [0.5, 0.6) is 0 Å². The Hall–Kier alpha value is -1.19. The first-order chi connectivity index (χ1) is 11.1. The summed E-state index contributed by atoms with van der Waals surface area (Å²) in [6, 6.07) is 5.65. The number of rotatable bonds is 5. The zero-order valence-electron chi connectivity index (χ0n) is 13.2. The van der Waals surface area contributed by atoms with Crippen LogP contribution in [-0.2, 0) is 14.3 Å². The van der Waals surface area contributed by atoms with Crippen LogP contribution in [0.15, 0.2) is 18.2 Å². The minimum Gasteiger partial charge on any atom is -0.379 e. The summed E-state index contributed by atoms with van der Waals surface area (Å²) >= 11 is 2.21. The van der Waals surface area contributed by atoms with Crippen molar-refractivity contribution in [2.24, 2.45) is 0 Å². The summed E-state index contributed by atoms with van der Waals surface area (Å²) in [5.74, 6) is -1.22. The molecule has 1 aliphatic rings. The summed E-state index contributed by atoms with van der Waals surface area (Å²) in [4.78, 5) is 26.0. The monoisotopic (exact) mass is 431 g/mol. The highest BCUT2D eigenvalue weighted by Gasteiger charge is 2.15. The van der Waals surface area contributed by atoms with E-state index in [0.29, 0.717) is 12.2 Å². The Balaban J connectivity index is 1.69. The van der Waals surface area contributed by atoms with Crippen LogP contribution in [-0.4, -0.2) is 56.1 Å². The number of amides is 2. The van der Waals surface area contributed by atoms with E-state index in [4.69, 9.17) is 4.74 Å². The first-order valence-corrected chi connectivity index (χ1v) is 8.79. The van der Waals surface area contributed by atoms with E-state index in [1.165, 1.54) is 0 Å². The molecule has 0 aliphatic carbocycles. The van der Waals surface area contributed by atoms with E-state index in [0.717, 1.165) is 48.4 Å².